The minimum atomic E-state index is 0.263. The molecule has 0 unspecified atom stereocenters. The molecule has 1 aromatic carbocycles. The number of pyridine rings is 1. The van der Waals surface area contributed by atoms with Crippen molar-refractivity contribution >= 4 is 10.9 Å². The van der Waals surface area contributed by atoms with Crippen LogP contribution in [0, 0.1) is 0 Å². The van der Waals surface area contributed by atoms with Crippen LogP contribution in [0.3, 0.4) is 0 Å². The Kier molecular flexibility index (Phi) is 2.58. The van der Waals surface area contributed by atoms with Gasteiger partial charge in [0.05, 0.1) is 23.6 Å². The second-order valence-electron chi connectivity index (χ2n) is 6.08. The highest BCUT2D eigenvalue weighted by atomic mass is 16.5. The SMILES string of the molecule is c1cnc2ccc(-c3noc([C@@H]4C[C@H]5CC[C@@H]4O5)n3)cc2c1. The summed E-state index contributed by atoms with van der Waals surface area (Å²) in [7, 11) is 0. The summed E-state index contributed by atoms with van der Waals surface area (Å²) in [6, 6.07) is 9.99. The first-order valence-corrected chi connectivity index (χ1v) is 7.71. The summed E-state index contributed by atoms with van der Waals surface area (Å²) in [5, 5.41) is 5.24. The van der Waals surface area contributed by atoms with Crippen molar-refractivity contribution in [1.29, 1.82) is 0 Å². The predicted octanol–water partition coefficient (Wildman–Crippen LogP) is 3.32. The molecule has 2 aromatic heterocycles. The van der Waals surface area contributed by atoms with E-state index in [1.165, 1.54) is 6.42 Å². The van der Waals surface area contributed by atoms with Gasteiger partial charge in [0.25, 0.3) is 0 Å². The number of nitrogens with zero attached hydrogens (tertiary/aromatic N) is 3. The van der Waals surface area contributed by atoms with Crippen LogP contribution >= 0.6 is 0 Å². The van der Waals surface area contributed by atoms with E-state index in [4.69, 9.17) is 9.26 Å². The van der Waals surface area contributed by atoms with Crippen LogP contribution in [0.5, 0.6) is 0 Å². The van der Waals surface area contributed by atoms with Crippen molar-refractivity contribution in [2.45, 2.75) is 37.4 Å². The lowest BCUT2D eigenvalue weighted by molar-refractivity contribution is 0.0974. The van der Waals surface area contributed by atoms with Gasteiger partial charge in [0.2, 0.25) is 11.7 Å². The van der Waals surface area contributed by atoms with Gasteiger partial charge in [0.1, 0.15) is 0 Å². The van der Waals surface area contributed by atoms with E-state index < -0.39 is 0 Å². The molecule has 2 aliphatic rings. The average molecular weight is 293 g/mol. The Labute approximate surface area is 127 Å². The fourth-order valence-electron chi connectivity index (χ4n) is 3.62. The fraction of sp³-hybridized carbons (Fsp3) is 0.353. The van der Waals surface area contributed by atoms with Crippen LogP contribution < -0.4 is 0 Å². The molecule has 0 amide bonds. The monoisotopic (exact) mass is 293 g/mol. The minimum absolute atomic E-state index is 0.263. The molecule has 3 atom stereocenters. The summed E-state index contributed by atoms with van der Waals surface area (Å²) >= 11 is 0. The molecule has 5 nitrogen and oxygen atoms in total. The molecule has 22 heavy (non-hydrogen) atoms. The first-order valence-electron chi connectivity index (χ1n) is 7.71. The summed E-state index contributed by atoms with van der Waals surface area (Å²) in [5.41, 5.74) is 1.93. The van der Waals surface area contributed by atoms with Crippen molar-refractivity contribution in [2.24, 2.45) is 0 Å². The topological polar surface area (TPSA) is 61.0 Å². The third kappa shape index (κ3) is 1.85. The lowest BCUT2D eigenvalue weighted by atomic mass is 9.89. The molecule has 2 saturated heterocycles. The summed E-state index contributed by atoms with van der Waals surface area (Å²) in [6.45, 7) is 0. The average Bonchev–Trinajstić information content (AvgIpc) is 3.30. The van der Waals surface area contributed by atoms with Gasteiger partial charge >= 0.3 is 0 Å². The molecular formula is C17H15N3O2. The maximum Gasteiger partial charge on any atom is 0.232 e. The molecule has 5 rings (SSSR count). The highest BCUT2D eigenvalue weighted by molar-refractivity contribution is 5.82. The molecule has 0 radical (unpaired) electrons. The number of rotatable bonds is 2. The molecule has 110 valence electrons. The van der Waals surface area contributed by atoms with Gasteiger partial charge in [-0.3, -0.25) is 4.98 Å². The Bertz CT molecular complexity index is 845. The Hall–Kier alpha value is -2.27. The molecule has 2 fully saturated rings. The smallest absolute Gasteiger partial charge is 0.232 e. The normalized spacial score (nSPS) is 26.8. The van der Waals surface area contributed by atoms with Crippen LogP contribution in [0.1, 0.15) is 31.1 Å². The summed E-state index contributed by atoms with van der Waals surface area (Å²) in [4.78, 5) is 8.94. The van der Waals surface area contributed by atoms with E-state index in [1.54, 1.807) is 6.20 Å². The molecule has 0 aliphatic carbocycles. The maximum absolute atomic E-state index is 5.88. The third-order valence-electron chi connectivity index (χ3n) is 4.73. The van der Waals surface area contributed by atoms with E-state index in [0.29, 0.717) is 17.8 Å². The molecular weight excluding hydrogens is 278 g/mol. The second kappa shape index (κ2) is 4.61. The third-order valence-corrected chi connectivity index (χ3v) is 4.73. The number of benzene rings is 1. The Morgan fingerprint density at radius 2 is 2.14 bits per heavy atom. The standard InChI is InChI=1S/C17H15N3O2/c1-2-10-8-11(3-5-14(10)18-7-1)16-19-17(22-20-16)13-9-12-4-6-15(13)21-12/h1-3,5,7-8,12-13,15H,4,6,9H2/t12-,13-,15+/m1/s1. The van der Waals surface area contributed by atoms with E-state index in [-0.39, 0.29) is 12.0 Å². The van der Waals surface area contributed by atoms with Gasteiger partial charge in [-0.1, -0.05) is 11.2 Å². The van der Waals surface area contributed by atoms with Crippen molar-refractivity contribution < 1.29 is 9.26 Å². The highest BCUT2D eigenvalue weighted by Crippen LogP contribution is 2.44. The first kappa shape index (κ1) is 12.3. The number of ether oxygens (including phenoxy) is 1. The van der Waals surface area contributed by atoms with Gasteiger partial charge in [-0.15, -0.1) is 0 Å². The van der Waals surface area contributed by atoms with Crippen LogP contribution in [0.2, 0.25) is 0 Å². The summed E-state index contributed by atoms with van der Waals surface area (Å²) in [6.07, 6.45) is 5.72. The number of hydrogen-bond donors (Lipinski definition) is 0. The number of hydrogen-bond acceptors (Lipinski definition) is 5. The van der Waals surface area contributed by atoms with Crippen molar-refractivity contribution in [2.75, 3.05) is 0 Å². The van der Waals surface area contributed by atoms with Crippen molar-refractivity contribution in [3.05, 3.63) is 42.4 Å². The predicted molar refractivity (Wildman–Crippen MR) is 80.3 cm³/mol. The zero-order valence-electron chi connectivity index (χ0n) is 12.0. The maximum atomic E-state index is 5.88. The lowest BCUT2D eigenvalue weighted by Gasteiger charge is -2.13. The molecule has 3 aromatic rings. The summed E-state index contributed by atoms with van der Waals surface area (Å²) in [5.74, 6) is 1.62. The van der Waals surface area contributed by atoms with E-state index in [9.17, 15) is 0 Å². The zero-order chi connectivity index (χ0) is 14.5. The fourth-order valence-corrected chi connectivity index (χ4v) is 3.62. The van der Waals surface area contributed by atoms with Crippen LogP contribution in [0.25, 0.3) is 22.3 Å². The van der Waals surface area contributed by atoms with Crippen molar-refractivity contribution in [3.63, 3.8) is 0 Å². The molecule has 0 saturated carbocycles. The number of fused-ring (bicyclic) bond motifs is 3. The molecule has 4 heterocycles. The lowest BCUT2D eigenvalue weighted by Crippen LogP contribution is -2.14. The molecule has 0 N–H and O–H groups in total. The number of aromatic nitrogens is 3. The van der Waals surface area contributed by atoms with Gasteiger partial charge < -0.3 is 9.26 Å². The van der Waals surface area contributed by atoms with Crippen LogP contribution in [-0.2, 0) is 4.74 Å². The van der Waals surface area contributed by atoms with Gasteiger partial charge in [-0.2, -0.15) is 4.98 Å². The first-order chi connectivity index (χ1) is 10.9. The Morgan fingerprint density at radius 3 is 3.00 bits per heavy atom. The summed E-state index contributed by atoms with van der Waals surface area (Å²) < 4.78 is 11.4. The van der Waals surface area contributed by atoms with Crippen molar-refractivity contribution in [1.82, 2.24) is 15.1 Å². The molecule has 5 heteroatoms. The van der Waals surface area contributed by atoms with Crippen molar-refractivity contribution in [3.8, 4) is 11.4 Å². The molecule has 0 spiro atoms. The van der Waals surface area contributed by atoms with Gasteiger partial charge in [0, 0.05) is 17.1 Å². The van der Waals surface area contributed by atoms with E-state index >= 15 is 0 Å². The van der Waals surface area contributed by atoms with Crippen LogP contribution in [-0.4, -0.2) is 27.3 Å². The van der Waals surface area contributed by atoms with Gasteiger partial charge in [-0.05, 0) is 43.5 Å². The van der Waals surface area contributed by atoms with Crippen LogP contribution in [0.4, 0.5) is 0 Å². The largest absolute Gasteiger partial charge is 0.374 e. The Balaban J connectivity index is 1.50. The second-order valence-corrected chi connectivity index (χ2v) is 6.08. The van der Waals surface area contributed by atoms with Gasteiger partial charge in [-0.25, -0.2) is 0 Å². The van der Waals surface area contributed by atoms with Gasteiger partial charge in [0.15, 0.2) is 0 Å². The quantitative estimate of drug-likeness (QED) is 0.725. The molecule has 2 bridgehead atoms. The van der Waals surface area contributed by atoms with E-state index in [2.05, 4.69) is 15.1 Å². The molecule has 2 aliphatic heterocycles. The minimum Gasteiger partial charge on any atom is -0.374 e. The van der Waals surface area contributed by atoms with Crippen LogP contribution in [0.15, 0.2) is 41.1 Å². The highest BCUT2D eigenvalue weighted by Gasteiger charge is 2.44. The Morgan fingerprint density at radius 1 is 1.14 bits per heavy atom. The van der Waals surface area contributed by atoms with E-state index in [0.717, 1.165) is 29.3 Å². The van der Waals surface area contributed by atoms with E-state index in [1.807, 2.05) is 30.3 Å². The zero-order valence-corrected chi connectivity index (χ0v) is 12.0.